The zero-order valence-corrected chi connectivity index (χ0v) is 16.1. The van der Waals surface area contributed by atoms with E-state index in [9.17, 15) is 19.1 Å². The lowest BCUT2D eigenvalue weighted by Crippen LogP contribution is -2.34. The minimum Gasteiger partial charge on any atom is -0.505 e. The molecule has 0 bridgehead atoms. The molecule has 0 fully saturated rings. The molecule has 3 N–H and O–H groups in total. The van der Waals surface area contributed by atoms with Crippen molar-refractivity contribution in [3.63, 3.8) is 0 Å². The minimum atomic E-state index is -0.514. The molecular formula is C21H18FN3O3S. The summed E-state index contributed by atoms with van der Waals surface area (Å²) < 4.78 is 13.0. The average Bonchev–Trinajstić information content (AvgIpc) is 3.19. The molecule has 0 aliphatic heterocycles. The topological polar surface area (TPSA) is 91.3 Å². The molecule has 0 unspecified atom stereocenters. The Hall–Kier alpha value is -3.52. The molecule has 0 atom stereocenters. The Balaban J connectivity index is 1.44. The van der Waals surface area contributed by atoms with E-state index in [2.05, 4.69) is 15.6 Å². The maximum absolute atomic E-state index is 13.0. The van der Waals surface area contributed by atoms with Gasteiger partial charge in [-0.25, -0.2) is 9.37 Å². The van der Waals surface area contributed by atoms with Gasteiger partial charge in [0, 0.05) is 35.1 Å². The fourth-order valence-electron chi connectivity index (χ4n) is 2.45. The number of benzene rings is 1. The van der Waals surface area contributed by atoms with Crippen LogP contribution in [0, 0.1) is 5.82 Å². The second kappa shape index (κ2) is 9.61. The fourth-order valence-corrected chi connectivity index (χ4v) is 3.36. The molecule has 2 heterocycles. The molecule has 0 aliphatic rings. The van der Waals surface area contributed by atoms with Crippen LogP contribution in [0.15, 0.2) is 60.8 Å². The summed E-state index contributed by atoms with van der Waals surface area (Å²) in [5.41, 5.74) is 0.851. The number of aromatic hydroxyl groups is 1. The van der Waals surface area contributed by atoms with Gasteiger partial charge in [-0.1, -0.05) is 12.1 Å². The largest absolute Gasteiger partial charge is 0.505 e. The van der Waals surface area contributed by atoms with Gasteiger partial charge in [0.25, 0.3) is 5.91 Å². The number of aromatic nitrogens is 1. The van der Waals surface area contributed by atoms with Gasteiger partial charge in [-0.15, -0.1) is 11.3 Å². The van der Waals surface area contributed by atoms with Gasteiger partial charge in [0.2, 0.25) is 5.91 Å². The molecule has 0 aliphatic carbocycles. The van der Waals surface area contributed by atoms with Gasteiger partial charge in [-0.2, -0.15) is 0 Å². The molecule has 0 saturated carbocycles. The Morgan fingerprint density at radius 1 is 1.07 bits per heavy atom. The van der Waals surface area contributed by atoms with Gasteiger partial charge in [0.05, 0.1) is 0 Å². The Morgan fingerprint density at radius 3 is 2.59 bits per heavy atom. The van der Waals surface area contributed by atoms with Crippen molar-refractivity contribution in [1.82, 2.24) is 15.6 Å². The lowest BCUT2D eigenvalue weighted by molar-refractivity contribution is -0.116. The van der Waals surface area contributed by atoms with Crippen molar-refractivity contribution in [2.24, 2.45) is 0 Å². The molecule has 0 spiro atoms. The summed E-state index contributed by atoms with van der Waals surface area (Å²) in [5.74, 6) is -1.29. The number of hydrogen-bond acceptors (Lipinski definition) is 5. The van der Waals surface area contributed by atoms with Gasteiger partial charge >= 0.3 is 0 Å². The second-order valence-electron chi connectivity index (χ2n) is 5.96. The monoisotopic (exact) mass is 411 g/mol. The molecule has 8 heteroatoms. The highest BCUT2D eigenvalue weighted by atomic mass is 32.1. The Morgan fingerprint density at radius 2 is 1.83 bits per heavy atom. The van der Waals surface area contributed by atoms with Crippen molar-refractivity contribution in [1.29, 1.82) is 0 Å². The summed E-state index contributed by atoms with van der Waals surface area (Å²) in [6.07, 6.45) is 4.51. The number of carbonyl (C=O) groups is 2. The van der Waals surface area contributed by atoms with Crippen LogP contribution in [0.25, 0.3) is 16.5 Å². The Kier molecular flexibility index (Phi) is 6.70. The van der Waals surface area contributed by atoms with E-state index in [1.165, 1.54) is 47.9 Å². The molecule has 0 radical (unpaired) electrons. The summed E-state index contributed by atoms with van der Waals surface area (Å²) in [4.78, 5) is 29.4. The average molecular weight is 411 g/mol. The summed E-state index contributed by atoms with van der Waals surface area (Å²) in [6, 6.07) is 12.9. The lowest BCUT2D eigenvalue weighted by Gasteiger charge is -2.06. The van der Waals surface area contributed by atoms with Crippen LogP contribution in [0.3, 0.4) is 0 Å². The smallest absolute Gasteiger partial charge is 0.273 e. The van der Waals surface area contributed by atoms with E-state index in [4.69, 9.17) is 0 Å². The zero-order chi connectivity index (χ0) is 20.6. The molecule has 148 valence electrons. The van der Waals surface area contributed by atoms with E-state index in [-0.39, 0.29) is 36.3 Å². The first kappa shape index (κ1) is 20.2. The molecule has 0 saturated heterocycles. The van der Waals surface area contributed by atoms with Crippen LogP contribution in [0.2, 0.25) is 0 Å². The predicted molar refractivity (Wildman–Crippen MR) is 110 cm³/mol. The van der Waals surface area contributed by atoms with Gasteiger partial charge in [-0.3, -0.25) is 9.59 Å². The molecule has 3 aromatic rings. The van der Waals surface area contributed by atoms with Crippen molar-refractivity contribution < 1.29 is 19.1 Å². The van der Waals surface area contributed by atoms with Crippen LogP contribution < -0.4 is 10.6 Å². The van der Waals surface area contributed by atoms with Crippen LogP contribution >= 0.6 is 11.3 Å². The van der Waals surface area contributed by atoms with Crippen molar-refractivity contribution in [3.05, 3.63) is 77.2 Å². The SMILES string of the molecule is O=C(C=Cc1ccc(-c2ccc(F)cc2)s1)NCCNC(=O)c1ncccc1O. The van der Waals surface area contributed by atoms with Gasteiger partial charge < -0.3 is 15.7 Å². The number of carbonyl (C=O) groups excluding carboxylic acids is 2. The van der Waals surface area contributed by atoms with Crippen LogP contribution in [-0.4, -0.2) is 35.0 Å². The van der Waals surface area contributed by atoms with Crippen LogP contribution in [0.5, 0.6) is 5.75 Å². The molecule has 6 nitrogen and oxygen atoms in total. The maximum atomic E-state index is 13.0. The van der Waals surface area contributed by atoms with Crippen LogP contribution in [0.1, 0.15) is 15.4 Å². The first-order valence-electron chi connectivity index (χ1n) is 8.77. The molecule has 29 heavy (non-hydrogen) atoms. The number of rotatable bonds is 7. The van der Waals surface area contributed by atoms with E-state index >= 15 is 0 Å². The highest BCUT2D eigenvalue weighted by molar-refractivity contribution is 7.16. The van der Waals surface area contributed by atoms with E-state index in [1.807, 2.05) is 12.1 Å². The number of hydrogen-bond donors (Lipinski definition) is 3. The molecule has 2 amide bonds. The number of nitrogens with zero attached hydrogens (tertiary/aromatic N) is 1. The number of thiophene rings is 1. The fraction of sp³-hybridized carbons (Fsp3) is 0.0952. The first-order chi connectivity index (χ1) is 14.0. The third-order valence-electron chi connectivity index (χ3n) is 3.87. The quantitative estimate of drug-likeness (QED) is 0.411. The predicted octanol–water partition coefficient (Wildman–Crippen LogP) is 3.21. The molecule has 3 rings (SSSR count). The second-order valence-corrected chi connectivity index (χ2v) is 7.08. The highest BCUT2D eigenvalue weighted by Gasteiger charge is 2.11. The Bertz CT molecular complexity index is 1030. The lowest BCUT2D eigenvalue weighted by atomic mass is 10.2. The van der Waals surface area contributed by atoms with E-state index in [0.717, 1.165) is 15.3 Å². The van der Waals surface area contributed by atoms with E-state index in [0.29, 0.717) is 0 Å². The zero-order valence-electron chi connectivity index (χ0n) is 15.3. The summed E-state index contributed by atoms with van der Waals surface area (Å²) in [7, 11) is 0. The third-order valence-corrected chi connectivity index (χ3v) is 4.97. The maximum Gasteiger partial charge on any atom is 0.273 e. The molecule has 2 aromatic heterocycles. The van der Waals surface area contributed by atoms with Gasteiger partial charge in [0.1, 0.15) is 11.6 Å². The third kappa shape index (κ3) is 5.73. The first-order valence-corrected chi connectivity index (χ1v) is 9.58. The van der Waals surface area contributed by atoms with Crippen molar-refractivity contribution >= 4 is 29.2 Å². The molecular weight excluding hydrogens is 393 g/mol. The standard InChI is InChI=1S/C21H18FN3O3S/c22-15-5-3-14(4-6-15)18-9-7-16(29-18)8-10-19(27)23-12-13-25-21(28)20-17(26)2-1-11-24-20/h1-11,26H,12-13H2,(H,23,27)(H,25,28). The van der Waals surface area contributed by atoms with E-state index < -0.39 is 5.91 Å². The number of nitrogens with one attached hydrogen (secondary N) is 2. The van der Waals surface area contributed by atoms with Gasteiger partial charge in [0.15, 0.2) is 5.69 Å². The van der Waals surface area contributed by atoms with E-state index in [1.54, 1.807) is 18.2 Å². The summed E-state index contributed by atoms with van der Waals surface area (Å²) >= 11 is 1.49. The number of halogens is 1. The van der Waals surface area contributed by atoms with Crippen molar-refractivity contribution in [2.45, 2.75) is 0 Å². The number of amides is 2. The normalized spacial score (nSPS) is 10.8. The summed E-state index contributed by atoms with van der Waals surface area (Å²) in [5, 5.41) is 14.8. The summed E-state index contributed by atoms with van der Waals surface area (Å²) in [6.45, 7) is 0.427. The highest BCUT2D eigenvalue weighted by Crippen LogP contribution is 2.28. The van der Waals surface area contributed by atoms with Crippen LogP contribution in [0.4, 0.5) is 4.39 Å². The number of pyridine rings is 1. The molecule has 1 aromatic carbocycles. The minimum absolute atomic E-state index is 0.0617. The van der Waals surface area contributed by atoms with Crippen molar-refractivity contribution in [3.8, 4) is 16.2 Å². The van der Waals surface area contributed by atoms with Crippen LogP contribution in [-0.2, 0) is 4.79 Å². The van der Waals surface area contributed by atoms with Gasteiger partial charge in [-0.05, 0) is 48.0 Å². The van der Waals surface area contributed by atoms with Crippen molar-refractivity contribution in [2.75, 3.05) is 13.1 Å². The Labute approximate surface area is 170 Å².